The molecule has 166 valence electrons. The molecule has 0 bridgehead atoms. The SMILES string of the molecule is COc1ccccc1N1CCN(C(=O)c2ccc(CNC(=O)OC(C)(C)C)cc2)CC1. The van der Waals surface area contributed by atoms with Gasteiger partial charge in [-0.1, -0.05) is 24.3 Å². The Morgan fingerprint density at radius 1 is 0.968 bits per heavy atom. The van der Waals surface area contributed by atoms with Gasteiger partial charge in [0.15, 0.2) is 0 Å². The average Bonchev–Trinajstić information content (AvgIpc) is 2.76. The molecule has 1 aliphatic rings. The Labute approximate surface area is 183 Å². The first-order chi connectivity index (χ1) is 14.8. The van der Waals surface area contributed by atoms with Gasteiger partial charge in [0, 0.05) is 38.3 Å². The van der Waals surface area contributed by atoms with Gasteiger partial charge in [0.25, 0.3) is 5.91 Å². The molecule has 0 radical (unpaired) electrons. The lowest BCUT2D eigenvalue weighted by molar-refractivity contribution is 0.0523. The number of anilines is 1. The number of rotatable bonds is 5. The summed E-state index contributed by atoms with van der Waals surface area (Å²) in [5.74, 6) is 0.865. The maximum atomic E-state index is 12.9. The van der Waals surface area contributed by atoms with Crippen LogP contribution in [0.2, 0.25) is 0 Å². The van der Waals surface area contributed by atoms with Gasteiger partial charge in [0.1, 0.15) is 11.4 Å². The van der Waals surface area contributed by atoms with Crippen LogP contribution in [-0.2, 0) is 11.3 Å². The molecule has 1 N–H and O–H groups in total. The van der Waals surface area contributed by atoms with Crippen LogP contribution < -0.4 is 15.0 Å². The molecule has 1 saturated heterocycles. The molecule has 7 heteroatoms. The van der Waals surface area contributed by atoms with Crippen LogP contribution >= 0.6 is 0 Å². The lowest BCUT2D eigenvalue weighted by atomic mass is 10.1. The molecular formula is C24H31N3O4. The van der Waals surface area contributed by atoms with Crippen LogP contribution in [-0.4, -0.2) is 55.8 Å². The Morgan fingerprint density at radius 2 is 1.61 bits per heavy atom. The molecule has 0 aromatic heterocycles. The van der Waals surface area contributed by atoms with E-state index in [0.29, 0.717) is 25.2 Å². The van der Waals surface area contributed by atoms with Gasteiger partial charge in [-0.25, -0.2) is 4.79 Å². The molecule has 7 nitrogen and oxygen atoms in total. The smallest absolute Gasteiger partial charge is 0.407 e. The van der Waals surface area contributed by atoms with Crippen LogP contribution in [0.3, 0.4) is 0 Å². The number of hydrogen-bond donors (Lipinski definition) is 1. The van der Waals surface area contributed by atoms with E-state index in [1.807, 2.05) is 62.1 Å². The topological polar surface area (TPSA) is 71.1 Å². The highest BCUT2D eigenvalue weighted by atomic mass is 16.6. The number of ether oxygens (including phenoxy) is 2. The Bertz CT molecular complexity index is 898. The Hall–Kier alpha value is -3.22. The zero-order valence-electron chi connectivity index (χ0n) is 18.7. The van der Waals surface area contributed by atoms with Crippen LogP contribution in [0, 0.1) is 0 Å². The van der Waals surface area contributed by atoms with E-state index >= 15 is 0 Å². The summed E-state index contributed by atoms with van der Waals surface area (Å²) in [6.45, 7) is 8.63. The van der Waals surface area contributed by atoms with Gasteiger partial charge in [0.05, 0.1) is 12.8 Å². The van der Waals surface area contributed by atoms with Crippen molar-refractivity contribution in [1.29, 1.82) is 0 Å². The second-order valence-corrected chi connectivity index (χ2v) is 8.50. The summed E-state index contributed by atoms with van der Waals surface area (Å²) in [5, 5.41) is 2.73. The quantitative estimate of drug-likeness (QED) is 0.791. The number of para-hydroxylation sites is 2. The van der Waals surface area contributed by atoms with Gasteiger partial charge in [0.2, 0.25) is 0 Å². The lowest BCUT2D eigenvalue weighted by Crippen LogP contribution is -2.48. The van der Waals surface area contributed by atoms with E-state index in [9.17, 15) is 9.59 Å². The third-order valence-electron chi connectivity index (χ3n) is 5.03. The van der Waals surface area contributed by atoms with E-state index < -0.39 is 11.7 Å². The van der Waals surface area contributed by atoms with Crippen molar-refractivity contribution in [2.75, 3.05) is 38.2 Å². The third-order valence-corrected chi connectivity index (χ3v) is 5.03. The molecule has 31 heavy (non-hydrogen) atoms. The number of carbonyl (C=O) groups excluding carboxylic acids is 2. The molecule has 1 aliphatic heterocycles. The zero-order chi connectivity index (χ0) is 22.4. The first-order valence-electron chi connectivity index (χ1n) is 10.5. The summed E-state index contributed by atoms with van der Waals surface area (Å²) in [4.78, 5) is 28.8. The van der Waals surface area contributed by atoms with E-state index in [1.54, 1.807) is 19.2 Å². The Kier molecular flexibility index (Phi) is 7.05. The molecule has 0 saturated carbocycles. The normalized spacial score (nSPS) is 14.2. The summed E-state index contributed by atoms with van der Waals surface area (Å²) in [6.07, 6.45) is -0.458. The second-order valence-electron chi connectivity index (χ2n) is 8.50. The molecule has 0 unspecified atom stereocenters. The fourth-order valence-corrected chi connectivity index (χ4v) is 3.48. The first-order valence-corrected chi connectivity index (χ1v) is 10.5. The maximum absolute atomic E-state index is 12.9. The molecular weight excluding hydrogens is 394 g/mol. The van der Waals surface area contributed by atoms with Crippen molar-refractivity contribution >= 4 is 17.7 Å². The Balaban J connectivity index is 1.52. The highest BCUT2D eigenvalue weighted by Crippen LogP contribution is 2.28. The highest BCUT2D eigenvalue weighted by molar-refractivity contribution is 5.94. The van der Waals surface area contributed by atoms with Crippen molar-refractivity contribution in [3.05, 3.63) is 59.7 Å². The predicted molar refractivity (Wildman–Crippen MR) is 121 cm³/mol. The summed E-state index contributed by atoms with van der Waals surface area (Å²) >= 11 is 0. The van der Waals surface area contributed by atoms with Crippen LogP contribution in [0.15, 0.2) is 48.5 Å². The summed E-state index contributed by atoms with van der Waals surface area (Å²) in [5.41, 5.74) is 2.07. The van der Waals surface area contributed by atoms with Crippen LogP contribution in [0.25, 0.3) is 0 Å². The maximum Gasteiger partial charge on any atom is 0.407 e. The fourth-order valence-electron chi connectivity index (χ4n) is 3.48. The van der Waals surface area contributed by atoms with E-state index in [-0.39, 0.29) is 5.91 Å². The number of methoxy groups -OCH3 is 1. The molecule has 2 amide bonds. The second kappa shape index (κ2) is 9.73. The number of carbonyl (C=O) groups is 2. The van der Waals surface area contributed by atoms with Gasteiger partial charge >= 0.3 is 6.09 Å². The van der Waals surface area contributed by atoms with Gasteiger partial charge in [-0.15, -0.1) is 0 Å². The minimum Gasteiger partial charge on any atom is -0.495 e. The number of alkyl carbamates (subject to hydrolysis) is 1. The van der Waals surface area contributed by atoms with E-state index in [2.05, 4.69) is 10.2 Å². The number of hydrogen-bond acceptors (Lipinski definition) is 5. The molecule has 3 rings (SSSR count). The molecule has 0 spiro atoms. The number of amides is 2. The number of nitrogens with one attached hydrogen (secondary N) is 1. The van der Waals surface area contributed by atoms with Crippen molar-refractivity contribution in [3.8, 4) is 5.75 Å². The van der Waals surface area contributed by atoms with Gasteiger partial charge in [-0.2, -0.15) is 0 Å². The third kappa shape index (κ3) is 6.13. The van der Waals surface area contributed by atoms with Crippen molar-refractivity contribution in [3.63, 3.8) is 0 Å². The van der Waals surface area contributed by atoms with Crippen LogP contribution in [0.4, 0.5) is 10.5 Å². The van der Waals surface area contributed by atoms with E-state index in [0.717, 1.165) is 30.1 Å². The zero-order valence-corrected chi connectivity index (χ0v) is 18.7. The van der Waals surface area contributed by atoms with Gasteiger partial charge < -0.3 is 24.6 Å². The minimum absolute atomic E-state index is 0.0197. The largest absolute Gasteiger partial charge is 0.495 e. The summed E-state index contributed by atoms with van der Waals surface area (Å²) < 4.78 is 10.7. The number of nitrogens with zero attached hydrogens (tertiary/aromatic N) is 2. The van der Waals surface area contributed by atoms with Crippen molar-refractivity contribution in [2.45, 2.75) is 32.9 Å². The standard InChI is InChI=1S/C24H31N3O4/c1-24(2,3)31-23(29)25-17-18-9-11-19(12-10-18)22(28)27-15-13-26(14-16-27)20-7-5-6-8-21(20)30-4/h5-12H,13-17H2,1-4H3,(H,25,29). The molecule has 1 fully saturated rings. The predicted octanol–water partition coefficient (Wildman–Crippen LogP) is 3.68. The van der Waals surface area contributed by atoms with Gasteiger partial charge in [-0.05, 0) is 50.6 Å². The van der Waals surface area contributed by atoms with E-state index in [4.69, 9.17) is 9.47 Å². The minimum atomic E-state index is -0.532. The highest BCUT2D eigenvalue weighted by Gasteiger charge is 2.23. The molecule has 0 atom stereocenters. The Morgan fingerprint density at radius 3 is 2.23 bits per heavy atom. The van der Waals surface area contributed by atoms with Crippen molar-refractivity contribution in [2.24, 2.45) is 0 Å². The van der Waals surface area contributed by atoms with Crippen LogP contribution in [0.5, 0.6) is 5.75 Å². The molecule has 2 aromatic carbocycles. The summed E-state index contributed by atoms with van der Waals surface area (Å²) in [7, 11) is 1.67. The molecule has 1 heterocycles. The monoisotopic (exact) mass is 425 g/mol. The average molecular weight is 426 g/mol. The van der Waals surface area contributed by atoms with Crippen molar-refractivity contribution < 1.29 is 19.1 Å². The van der Waals surface area contributed by atoms with Gasteiger partial charge in [-0.3, -0.25) is 4.79 Å². The molecule has 2 aromatic rings. The van der Waals surface area contributed by atoms with Crippen molar-refractivity contribution in [1.82, 2.24) is 10.2 Å². The van der Waals surface area contributed by atoms with E-state index in [1.165, 1.54) is 0 Å². The number of benzene rings is 2. The molecule has 0 aliphatic carbocycles. The first kappa shape index (κ1) is 22.5. The van der Waals surface area contributed by atoms with Crippen LogP contribution in [0.1, 0.15) is 36.7 Å². The lowest BCUT2D eigenvalue weighted by Gasteiger charge is -2.36. The number of piperazine rings is 1. The fraction of sp³-hybridized carbons (Fsp3) is 0.417. The summed E-state index contributed by atoms with van der Waals surface area (Å²) in [6, 6.07) is 15.3.